The van der Waals surface area contributed by atoms with Crippen molar-refractivity contribution in [3.63, 3.8) is 0 Å². The zero-order valence-electron chi connectivity index (χ0n) is 27.3. The van der Waals surface area contributed by atoms with Crippen LogP contribution in [-0.2, 0) is 25.8 Å². The highest BCUT2D eigenvalue weighted by Crippen LogP contribution is 2.14. The van der Waals surface area contributed by atoms with Crippen molar-refractivity contribution in [2.24, 2.45) is 58.6 Å². The molecule has 0 atom stereocenters. The molecule has 0 amide bonds. The van der Waals surface area contributed by atoms with Crippen LogP contribution >= 0.6 is 0 Å². The Hall–Kier alpha value is -5.94. The van der Waals surface area contributed by atoms with Gasteiger partial charge in [0.2, 0.25) is 23.8 Å². The molecule has 0 saturated carbocycles. The van der Waals surface area contributed by atoms with E-state index in [2.05, 4.69) is 45.6 Å². The first-order chi connectivity index (χ1) is 22.6. The number of nitrogens with one attached hydrogen (secondary N) is 3. The molecule has 18 nitrogen and oxygen atoms in total. The molecule has 0 aliphatic carbocycles. The van der Waals surface area contributed by atoms with E-state index >= 15 is 0 Å². The van der Waals surface area contributed by atoms with Gasteiger partial charge >= 0.3 is 0 Å². The van der Waals surface area contributed by atoms with E-state index in [0.717, 1.165) is 29.4 Å². The number of hydrogen-bond donors (Lipinski definition) is 8. The first kappa shape index (κ1) is 35.5. The smallest absolute Gasteiger partial charge is 0.223 e. The molecule has 0 bridgehead atoms. The molecule has 3 aromatic rings. The quantitative estimate of drug-likeness (QED) is 0.0937. The van der Waals surface area contributed by atoms with Crippen molar-refractivity contribution in [1.82, 2.24) is 20.1 Å². The van der Waals surface area contributed by atoms with Gasteiger partial charge in [-0.2, -0.15) is 15.0 Å². The van der Waals surface area contributed by atoms with E-state index in [-0.39, 0.29) is 23.8 Å². The molecule has 47 heavy (non-hydrogen) atoms. The van der Waals surface area contributed by atoms with E-state index in [1.165, 1.54) is 0 Å². The van der Waals surface area contributed by atoms with Crippen LogP contribution in [0.3, 0.4) is 0 Å². The molecule has 0 spiro atoms. The van der Waals surface area contributed by atoms with Gasteiger partial charge in [0.05, 0.1) is 12.2 Å². The zero-order valence-corrected chi connectivity index (χ0v) is 27.3. The molecule has 0 unspecified atom stereocenters. The third kappa shape index (κ3) is 12.5. The van der Waals surface area contributed by atoms with Crippen LogP contribution in [0, 0.1) is 0 Å². The molecule has 0 fully saturated rings. The van der Waals surface area contributed by atoms with Gasteiger partial charge in [-0.3, -0.25) is 15.0 Å². The molecule has 0 radical (unpaired) electrons. The van der Waals surface area contributed by atoms with Crippen molar-refractivity contribution < 1.29 is 8.83 Å². The van der Waals surface area contributed by atoms with Crippen LogP contribution < -0.4 is 39.3 Å². The monoisotopic (exact) mass is 650 g/mol. The number of guanidine groups is 6. The van der Waals surface area contributed by atoms with Crippen molar-refractivity contribution >= 4 is 41.4 Å². The largest absolute Gasteiger partial charge is 0.467 e. The summed E-state index contributed by atoms with van der Waals surface area (Å²) in [5.74, 6) is 3.44. The molecule has 0 aliphatic heterocycles. The van der Waals surface area contributed by atoms with Crippen molar-refractivity contribution in [2.45, 2.75) is 25.8 Å². The van der Waals surface area contributed by atoms with Gasteiger partial charge in [-0.25, -0.2) is 0 Å². The number of aromatic amines is 1. The minimum absolute atomic E-state index is 0.0589. The van der Waals surface area contributed by atoms with Gasteiger partial charge in [0, 0.05) is 85.0 Å². The van der Waals surface area contributed by atoms with E-state index in [4.69, 9.17) is 37.5 Å². The summed E-state index contributed by atoms with van der Waals surface area (Å²) in [4.78, 5) is 31.7. The highest BCUT2D eigenvalue weighted by atomic mass is 16.3. The lowest BCUT2D eigenvalue weighted by atomic mass is 10.3. The highest BCUT2D eigenvalue weighted by Gasteiger charge is 2.11. The fourth-order valence-electron chi connectivity index (χ4n) is 4.14. The molecule has 0 aromatic carbocycles. The third-order valence-corrected chi connectivity index (χ3v) is 6.53. The number of H-pyrrole nitrogens is 1. The number of aromatic nitrogens is 1. The number of furan rings is 2. The van der Waals surface area contributed by atoms with Crippen molar-refractivity contribution in [1.29, 1.82) is 0 Å². The number of hydrogen-bond acceptors (Lipinski definition) is 5. The molecular weight excluding hydrogens is 604 g/mol. The number of aliphatic imine (C=N–C) groups is 6. The lowest BCUT2D eigenvalue weighted by Crippen LogP contribution is -2.35. The van der Waals surface area contributed by atoms with Gasteiger partial charge in [-0.15, -0.1) is 0 Å². The fourth-order valence-corrected chi connectivity index (χ4v) is 4.14. The van der Waals surface area contributed by atoms with E-state index in [9.17, 15) is 0 Å². The predicted octanol–water partition coefficient (Wildman–Crippen LogP) is -0.217. The van der Waals surface area contributed by atoms with Crippen LogP contribution in [0.1, 0.15) is 23.0 Å². The van der Waals surface area contributed by atoms with E-state index in [1.807, 2.05) is 48.5 Å². The van der Waals surface area contributed by atoms with Crippen LogP contribution in [0.4, 0.5) is 5.69 Å². The standard InChI is InChI=1S/C29H46N16O2/c1-35-28(43-26(33)40-20-16-22(46-18-20)11-15-44(3)29(36-2)41-24(30)31)39-14-10-21-7-8-23(47-21)17-45(4)27(34)42-25(32)38-13-9-19-6-5-12-37-19/h5-8,12,16,18,37H,9-11,13-15,17H2,1-4H3,(H4,30,31,36,41)(H4,32,34,38,42)(H4,33,35,39,40,43). The molecule has 3 heterocycles. The summed E-state index contributed by atoms with van der Waals surface area (Å²) in [7, 11) is 6.86. The van der Waals surface area contributed by atoms with Crippen molar-refractivity contribution in [3.8, 4) is 0 Å². The minimum atomic E-state index is -0.0589. The Morgan fingerprint density at radius 1 is 0.894 bits per heavy atom. The molecule has 3 rings (SSSR count). The lowest BCUT2D eigenvalue weighted by molar-refractivity contribution is 0.390. The highest BCUT2D eigenvalue weighted by molar-refractivity contribution is 6.01. The Morgan fingerprint density at radius 3 is 2.38 bits per heavy atom. The minimum Gasteiger partial charge on any atom is -0.467 e. The summed E-state index contributed by atoms with van der Waals surface area (Å²) in [5.41, 5.74) is 30.8. The van der Waals surface area contributed by atoms with Crippen molar-refractivity contribution in [2.75, 3.05) is 53.1 Å². The second-order valence-corrected chi connectivity index (χ2v) is 10.3. The molecule has 18 heteroatoms. The number of anilines is 1. The Kier molecular flexibility index (Phi) is 13.7. The van der Waals surface area contributed by atoms with Gasteiger partial charge in [0.1, 0.15) is 23.5 Å². The first-order valence-electron chi connectivity index (χ1n) is 14.8. The van der Waals surface area contributed by atoms with Crippen LogP contribution in [0.25, 0.3) is 0 Å². The third-order valence-electron chi connectivity index (χ3n) is 6.53. The molecule has 254 valence electrons. The van der Waals surface area contributed by atoms with Gasteiger partial charge < -0.3 is 62.9 Å². The summed E-state index contributed by atoms with van der Waals surface area (Å²) in [5, 5.41) is 6.16. The molecular formula is C29H46N16O2. The first-order valence-corrected chi connectivity index (χ1v) is 14.8. The van der Waals surface area contributed by atoms with Gasteiger partial charge in [-0.1, -0.05) is 0 Å². The number of rotatable bonds is 12. The summed E-state index contributed by atoms with van der Waals surface area (Å²) >= 11 is 0. The predicted molar refractivity (Wildman–Crippen MR) is 187 cm³/mol. The summed E-state index contributed by atoms with van der Waals surface area (Å²) in [6, 6.07) is 9.55. The molecule has 0 saturated heterocycles. The van der Waals surface area contributed by atoms with Crippen molar-refractivity contribution in [3.05, 3.63) is 65.8 Å². The second-order valence-electron chi connectivity index (χ2n) is 10.3. The summed E-state index contributed by atoms with van der Waals surface area (Å²) in [6.45, 7) is 2.00. The molecule has 13 N–H and O–H groups in total. The van der Waals surface area contributed by atoms with Crippen LogP contribution in [0.15, 0.2) is 81.6 Å². The Labute approximate surface area is 273 Å². The summed E-state index contributed by atoms with van der Waals surface area (Å²) in [6.07, 6.45) is 5.33. The van der Waals surface area contributed by atoms with Crippen LogP contribution in [0.5, 0.6) is 0 Å². The number of likely N-dealkylation sites (N-methyl/N-ethyl adjacent to an activating group) is 1. The topological polar surface area (TPSA) is 277 Å². The SMILES string of the molecule is CN=C(N=C(N)Nc1coc(CCN(C)C(N=C(N)N)=NC)c1)NCCc1ccc(CN(C)C(N)=NC(N)=NCCc2ccc[nH]2)o1. The fraction of sp³-hybridized carbons (Fsp3) is 0.379. The second kappa shape index (κ2) is 18.1. The molecule has 0 aliphatic rings. The number of nitrogens with two attached hydrogens (primary N) is 5. The van der Waals surface area contributed by atoms with Gasteiger partial charge in [0.25, 0.3) is 0 Å². The van der Waals surface area contributed by atoms with Gasteiger partial charge in [-0.05, 0) is 24.3 Å². The number of nitrogens with zero attached hydrogens (tertiary/aromatic N) is 8. The maximum absolute atomic E-state index is 6.10. The van der Waals surface area contributed by atoms with Crippen LogP contribution in [-0.4, -0.2) is 98.4 Å². The average Bonchev–Trinajstić information content (AvgIpc) is 3.81. The van der Waals surface area contributed by atoms with E-state index in [1.54, 1.807) is 32.3 Å². The van der Waals surface area contributed by atoms with Crippen LogP contribution in [0.2, 0.25) is 0 Å². The van der Waals surface area contributed by atoms with E-state index < -0.39 is 0 Å². The molecule has 3 aromatic heterocycles. The zero-order chi connectivity index (χ0) is 34.2. The Morgan fingerprint density at radius 2 is 1.68 bits per heavy atom. The van der Waals surface area contributed by atoms with E-state index in [0.29, 0.717) is 56.6 Å². The normalized spacial score (nSPS) is 13.1. The Balaban J connectivity index is 1.42. The average molecular weight is 651 g/mol. The summed E-state index contributed by atoms with van der Waals surface area (Å²) < 4.78 is 11.6. The lowest BCUT2D eigenvalue weighted by Gasteiger charge is -2.16. The van der Waals surface area contributed by atoms with Gasteiger partial charge in [0.15, 0.2) is 11.9 Å². The maximum Gasteiger partial charge on any atom is 0.223 e. The Bertz CT molecular complexity index is 1570. The maximum atomic E-state index is 6.10.